The van der Waals surface area contributed by atoms with E-state index < -0.39 is 6.10 Å². The second-order valence-electron chi connectivity index (χ2n) is 8.54. The molecule has 4 rings (SSSR count). The molecule has 1 aliphatic heterocycles. The van der Waals surface area contributed by atoms with Gasteiger partial charge in [0.15, 0.2) is 0 Å². The van der Waals surface area contributed by atoms with Gasteiger partial charge in [-0.05, 0) is 80.6 Å². The van der Waals surface area contributed by atoms with Gasteiger partial charge in [-0.3, -0.25) is 4.79 Å². The van der Waals surface area contributed by atoms with Crippen LogP contribution in [0.25, 0.3) is 11.1 Å². The van der Waals surface area contributed by atoms with Gasteiger partial charge in [-0.1, -0.05) is 30.3 Å². The van der Waals surface area contributed by atoms with E-state index in [0.29, 0.717) is 11.0 Å². The SMILES string of the molecule is C[C@H](O)c1cccc(-c2ccc(C(=O)NCC3(CN4CCCC4)CC3)cc2)c1. The smallest absolute Gasteiger partial charge is 0.251 e. The zero-order chi connectivity index (χ0) is 19.6. The Labute approximate surface area is 167 Å². The standard InChI is InChI=1S/C24H30N2O2/c1-18(27)21-5-4-6-22(15-21)19-7-9-20(10-8-19)23(28)25-16-24(11-12-24)17-26-13-2-3-14-26/h4-10,15,18,27H,2-3,11-14,16-17H2,1H3,(H,25,28)/t18-/m0/s1. The van der Waals surface area contributed by atoms with Crippen LogP contribution in [0.5, 0.6) is 0 Å². The summed E-state index contributed by atoms with van der Waals surface area (Å²) in [7, 11) is 0. The molecular weight excluding hydrogens is 348 g/mol. The monoisotopic (exact) mass is 378 g/mol. The van der Waals surface area contributed by atoms with Crippen LogP contribution in [0, 0.1) is 5.41 Å². The van der Waals surface area contributed by atoms with Crippen molar-refractivity contribution in [3.63, 3.8) is 0 Å². The molecule has 2 aliphatic rings. The number of hydrogen-bond donors (Lipinski definition) is 2. The summed E-state index contributed by atoms with van der Waals surface area (Å²) < 4.78 is 0. The quantitative estimate of drug-likeness (QED) is 0.765. The van der Waals surface area contributed by atoms with Crippen molar-refractivity contribution in [3.8, 4) is 11.1 Å². The van der Waals surface area contributed by atoms with E-state index >= 15 is 0 Å². The molecule has 0 unspecified atom stereocenters. The Morgan fingerprint density at radius 3 is 2.46 bits per heavy atom. The van der Waals surface area contributed by atoms with Crippen LogP contribution in [-0.4, -0.2) is 42.1 Å². The van der Waals surface area contributed by atoms with Crippen molar-refractivity contribution in [1.29, 1.82) is 0 Å². The van der Waals surface area contributed by atoms with E-state index in [0.717, 1.165) is 29.8 Å². The van der Waals surface area contributed by atoms with Crippen LogP contribution in [0.4, 0.5) is 0 Å². The maximum Gasteiger partial charge on any atom is 0.251 e. The van der Waals surface area contributed by atoms with Crippen molar-refractivity contribution in [3.05, 3.63) is 59.7 Å². The first-order valence-corrected chi connectivity index (χ1v) is 10.4. The van der Waals surface area contributed by atoms with Gasteiger partial charge in [0.05, 0.1) is 6.10 Å². The Bertz CT molecular complexity index is 819. The van der Waals surface area contributed by atoms with E-state index in [9.17, 15) is 9.90 Å². The fourth-order valence-electron chi connectivity index (χ4n) is 4.14. The predicted molar refractivity (Wildman–Crippen MR) is 112 cm³/mol. The Morgan fingerprint density at radius 1 is 1.11 bits per heavy atom. The van der Waals surface area contributed by atoms with Crippen molar-refractivity contribution in [2.24, 2.45) is 5.41 Å². The summed E-state index contributed by atoms with van der Waals surface area (Å²) in [5, 5.41) is 12.9. The molecular formula is C24H30N2O2. The van der Waals surface area contributed by atoms with Gasteiger partial charge in [0.2, 0.25) is 0 Å². The average molecular weight is 379 g/mol. The summed E-state index contributed by atoms with van der Waals surface area (Å²) in [6.07, 6.45) is 4.59. The van der Waals surface area contributed by atoms with E-state index in [1.165, 1.54) is 38.8 Å². The van der Waals surface area contributed by atoms with Gasteiger partial charge in [0, 0.05) is 24.1 Å². The predicted octanol–water partition coefficient (Wildman–Crippen LogP) is 4.01. The molecule has 2 N–H and O–H groups in total. The lowest BCUT2D eigenvalue weighted by molar-refractivity contribution is 0.0940. The zero-order valence-electron chi connectivity index (χ0n) is 16.7. The Hall–Kier alpha value is -2.17. The molecule has 4 nitrogen and oxygen atoms in total. The maximum atomic E-state index is 12.6. The minimum Gasteiger partial charge on any atom is -0.389 e. The third-order valence-corrected chi connectivity index (χ3v) is 6.19. The molecule has 0 bridgehead atoms. The molecule has 2 fully saturated rings. The second kappa shape index (κ2) is 8.06. The molecule has 2 aromatic carbocycles. The molecule has 0 spiro atoms. The Kier molecular flexibility index (Phi) is 5.51. The molecule has 1 amide bonds. The fourth-order valence-corrected chi connectivity index (χ4v) is 4.14. The minimum absolute atomic E-state index is 0.0111. The number of likely N-dealkylation sites (tertiary alicyclic amines) is 1. The highest BCUT2D eigenvalue weighted by Gasteiger charge is 2.44. The normalized spacial score (nSPS) is 19.4. The molecule has 1 atom stereocenters. The van der Waals surface area contributed by atoms with Gasteiger partial charge in [-0.15, -0.1) is 0 Å². The Morgan fingerprint density at radius 2 is 1.82 bits per heavy atom. The molecule has 4 heteroatoms. The van der Waals surface area contributed by atoms with E-state index in [-0.39, 0.29) is 5.91 Å². The average Bonchev–Trinajstić information content (AvgIpc) is 3.29. The summed E-state index contributed by atoms with van der Waals surface area (Å²) >= 11 is 0. The zero-order valence-corrected chi connectivity index (χ0v) is 16.7. The molecule has 28 heavy (non-hydrogen) atoms. The molecule has 148 valence electrons. The molecule has 1 saturated carbocycles. The van der Waals surface area contributed by atoms with Crippen LogP contribution < -0.4 is 5.32 Å². The number of nitrogens with one attached hydrogen (secondary N) is 1. The molecule has 1 saturated heterocycles. The first kappa shape index (κ1) is 19.2. The summed E-state index contributed by atoms with van der Waals surface area (Å²) in [6.45, 7) is 6.11. The Balaban J connectivity index is 1.36. The van der Waals surface area contributed by atoms with Crippen molar-refractivity contribution in [2.75, 3.05) is 26.2 Å². The number of rotatable bonds is 7. The van der Waals surface area contributed by atoms with Crippen LogP contribution in [-0.2, 0) is 0 Å². The van der Waals surface area contributed by atoms with Crippen LogP contribution >= 0.6 is 0 Å². The van der Waals surface area contributed by atoms with Gasteiger partial charge < -0.3 is 15.3 Å². The van der Waals surface area contributed by atoms with E-state index in [4.69, 9.17) is 0 Å². The van der Waals surface area contributed by atoms with Gasteiger partial charge in [-0.25, -0.2) is 0 Å². The fraction of sp³-hybridized carbons (Fsp3) is 0.458. The third kappa shape index (κ3) is 4.45. The van der Waals surface area contributed by atoms with E-state index in [1.54, 1.807) is 6.92 Å². The van der Waals surface area contributed by atoms with Crippen molar-refractivity contribution >= 4 is 5.91 Å². The summed E-state index contributed by atoms with van der Waals surface area (Å²) in [4.78, 5) is 15.1. The lowest BCUT2D eigenvalue weighted by Gasteiger charge is -2.23. The van der Waals surface area contributed by atoms with Gasteiger partial charge in [0.25, 0.3) is 5.91 Å². The maximum absolute atomic E-state index is 12.6. The van der Waals surface area contributed by atoms with Crippen LogP contribution in [0.2, 0.25) is 0 Å². The number of aliphatic hydroxyl groups is 1. The molecule has 2 aromatic rings. The second-order valence-corrected chi connectivity index (χ2v) is 8.54. The molecule has 1 heterocycles. The van der Waals surface area contributed by atoms with Gasteiger partial charge >= 0.3 is 0 Å². The van der Waals surface area contributed by atoms with E-state index in [1.807, 2.05) is 48.5 Å². The van der Waals surface area contributed by atoms with Crippen molar-refractivity contribution in [2.45, 2.75) is 38.7 Å². The number of benzene rings is 2. The number of carbonyl (C=O) groups is 1. The lowest BCUT2D eigenvalue weighted by Crippen LogP contribution is -2.37. The minimum atomic E-state index is -0.486. The van der Waals surface area contributed by atoms with Gasteiger partial charge in [0.1, 0.15) is 0 Å². The van der Waals surface area contributed by atoms with Crippen molar-refractivity contribution < 1.29 is 9.90 Å². The highest BCUT2D eigenvalue weighted by Crippen LogP contribution is 2.46. The first-order chi connectivity index (χ1) is 13.5. The number of nitrogens with zero attached hydrogens (tertiary/aromatic N) is 1. The third-order valence-electron chi connectivity index (χ3n) is 6.19. The van der Waals surface area contributed by atoms with Crippen LogP contribution in [0.15, 0.2) is 48.5 Å². The first-order valence-electron chi connectivity index (χ1n) is 10.4. The number of hydrogen-bond acceptors (Lipinski definition) is 3. The van der Waals surface area contributed by atoms with Gasteiger partial charge in [-0.2, -0.15) is 0 Å². The van der Waals surface area contributed by atoms with Crippen LogP contribution in [0.3, 0.4) is 0 Å². The highest BCUT2D eigenvalue weighted by atomic mass is 16.3. The molecule has 0 radical (unpaired) electrons. The topological polar surface area (TPSA) is 52.6 Å². The molecule has 1 aliphatic carbocycles. The number of carbonyl (C=O) groups excluding carboxylic acids is 1. The lowest BCUT2D eigenvalue weighted by atomic mass is 10.00. The van der Waals surface area contributed by atoms with Crippen LogP contribution in [0.1, 0.15) is 54.6 Å². The summed E-state index contributed by atoms with van der Waals surface area (Å²) in [5.41, 5.74) is 4.00. The van der Waals surface area contributed by atoms with E-state index in [2.05, 4.69) is 10.2 Å². The number of aliphatic hydroxyl groups excluding tert-OH is 1. The largest absolute Gasteiger partial charge is 0.389 e. The molecule has 0 aromatic heterocycles. The highest BCUT2D eigenvalue weighted by molar-refractivity contribution is 5.94. The van der Waals surface area contributed by atoms with Crippen molar-refractivity contribution in [1.82, 2.24) is 10.2 Å². The summed E-state index contributed by atoms with van der Waals surface area (Å²) in [5.74, 6) is 0.0111. The number of amides is 1. The summed E-state index contributed by atoms with van der Waals surface area (Å²) in [6, 6.07) is 15.6.